The summed E-state index contributed by atoms with van der Waals surface area (Å²) in [6, 6.07) is 10.9. The Morgan fingerprint density at radius 1 is 0.460 bits per heavy atom. The van der Waals surface area contributed by atoms with Gasteiger partial charge in [0.05, 0.1) is 12.2 Å². The number of likely N-dealkylation sites (tertiary alicyclic amines) is 1. The summed E-state index contributed by atoms with van der Waals surface area (Å²) >= 11 is 0. The molecule has 0 spiro atoms. The van der Waals surface area contributed by atoms with Crippen molar-refractivity contribution in [1.29, 1.82) is 0 Å². The molecular formula is C47H83NO2. The fourth-order valence-corrected chi connectivity index (χ4v) is 7.28. The quantitative estimate of drug-likeness (QED) is 0.0516. The molecule has 1 heterocycles. The molecule has 3 nitrogen and oxygen atoms in total. The lowest BCUT2D eigenvalue weighted by atomic mass is 10.1. The van der Waals surface area contributed by atoms with Gasteiger partial charge in [-0.2, -0.15) is 0 Å². The van der Waals surface area contributed by atoms with Gasteiger partial charge in [0.25, 0.3) is 0 Å². The molecule has 0 unspecified atom stereocenters. The van der Waals surface area contributed by atoms with Gasteiger partial charge >= 0.3 is 0 Å². The van der Waals surface area contributed by atoms with Gasteiger partial charge in [0.2, 0.25) is 0 Å². The lowest BCUT2D eigenvalue weighted by Crippen LogP contribution is -2.30. The number of allylic oxidation sites excluding steroid dienone is 4. The molecule has 1 fully saturated rings. The van der Waals surface area contributed by atoms with Crippen molar-refractivity contribution in [2.75, 3.05) is 26.3 Å². The van der Waals surface area contributed by atoms with E-state index in [0.717, 1.165) is 45.7 Å². The predicted octanol–water partition coefficient (Wildman–Crippen LogP) is 14.3. The summed E-state index contributed by atoms with van der Waals surface area (Å²) in [5.74, 6) is 0. The van der Waals surface area contributed by atoms with Gasteiger partial charge in [-0.1, -0.05) is 184 Å². The third-order valence-electron chi connectivity index (χ3n) is 10.5. The van der Waals surface area contributed by atoms with Crippen LogP contribution in [-0.2, 0) is 16.0 Å². The second-order valence-electron chi connectivity index (χ2n) is 15.4. The second-order valence-corrected chi connectivity index (χ2v) is 15.4. The minimum atomic E-state index is 0.193. The van der Waals surface area contributed by atoms with Gasteiger partial charge in [0.1, 0.15) is 0 Å². The zero-order valence-electron chi connectivity index (χ0n) is 33.4. The van der Waals surface area contributed by atoms with Crippen molar-refractivity contribution in [2.24, 2.45) is 0 Å². The summed E-state index contributed by atoms with van der Waals surface area (Å²) in [5, 5.41) is 0. The third-order valence-corrected chi connectivity index (χ3v) is 10.5. The van der Waals surface area contributed by atoms with E-state index in [4.69, 9.17) is 9.47 Å². The summed E-state index contributed by atoms with van der Waals surface area (Å²) in [5.41, 5.74) is 1.38. The Labute approximate surface area is 312 Å². The average Bonchev–Trinajstić information content (AvgIpc) is 3.51. The van der Waals surface area contributed by atoms with Crippen molar-refractivity contribution < 1.29 is 9.47 Å². The smallest absolute Gasteiger partial charge is 0.0975 e. The van der Waals surface area contributed by atoms with E-state index in [9.17, 15) is 0 Å². The summed E-state index contributed by atoms with van der Waals surface area (Å²) in [4.78, 5) is 2.53. The lowest BCUT2D eigenvalue weighted by molar-refractivity contribution is -0.0481. The molecule has 288 valence electrons. The summed E-state index contributed by atoms with van der Waals surface area (Å²) < 4.78 is 13.0. The minimum Gasteiger partial charge on any atom is -0.374 e. The van der Waals surface area contributed by atoms with Crippen LogP contribution in [0.5, 0.6) is 0 Å². The minimum absolute atomic E-state index is 0.193. The molecule has 3 heteroatoms. The van der Waals surface area contributed by atoms with E-state index in [2.05, 4.69) is 73.4 Å². The van der Waals surface area contributed by atoms with Crippen LogP contribution in [0.15, 0.2) is 54.6 Å². The topological polar surface area (TPSA) is 21.7 Å². The highest BCUT2D eigenvalue weighted by atomic mass is 16.5. The maximum atomic E-state index is 6.49. The van der Waals surface area contributed by atoms with E-state index in [1.54, 1.807) is 0 Å². The molecule has 1 aromatic carbocycles. The Morgan fingerprint density at radius 2 is 0.800 bits per heavy atom. The first-order valence-electron chi connectivity index (χ1n) is 22.1. The zero-order valence-corrected chi connectivity index (χ0v) is 33.4. The number of unbranched alkanes of at least 4 members (excludes halogenated alkanes) is 24. The largest absolute Gasteiger partial charge is 0.374 e. The Balaban J connectivity index is 1.50. The molecule has 1 aromatic rings. The molecule has 0 radical (unpaired) electrons. The lowest BCUT2D eigenvalue weighted by Gasteiger charge is -2.19. The Morgan fingerprint density at radius 3 is 1.18 bits per heavy atom. The second kappa shape index (κ2) is 34.7. The molecule has 0 aromatic heterocycles. The van der Waals surface area contributed by atoms with Gasteiger partial charge in [0, 0.05) is 32.8 Å². The molecule has 2 rings (SSSR count). The number of nitrogens with zero attached hydrogens (tertiary/aromatic N) is 1. The summed E-state index contributed by atoms with van der Waals surface area (Å²) in [6.07, 6.45) is 47.8. The van der Waals surface area contributed by atoms with Gasteiger partial charge < -0.3 is 9.47 Å². The first kappa shape index (κ1) is 44.7. The maximum Gasteiger partial charge on any atom is 0.0975 e. The third kappa shape index (κ3) is 26.4. The molecule has 2 atom stereocenters. The van der Waals surface area contributed by atoms with E-state index in [-0.39, 0.29) is 12.2 Å². The molecule has 0 N–H and O–H groups in total. The Hall–Kier alpha value is -1.42. The van der Waals surface area contributed by atoms with Crippen LogP contribution in [0, 0.1) is 0 Å². The predicted molar refractivity (Wildman–Crippen MR) is 220 cm³/mol. The van der Waals surface area contributed by atoms with Crippen LogP contribution in [0.2, 0.25) is 0 Å². The summed E-state index contributed by atoms with van der Waals surface area (Å²) in [7, 11) is 0. The first-order valence-corrected chi connectivity index (χ1v) is 22.1. The SMILES string of the molecule is CCCCCCCCCCC/C=C\CCCCCO[C@@H]1CN(Cc2ccccc2)C[C@H]1OCCCCC/C=C\CCCCCCCCCCC. The normalized spacial score (nSPS) is 16.8. The van der Waals surface area contributed by atoms with Gasteiger partial charge in [-0.3, -0.25) is 4.90 Å². The highest BCUT2D eigenvalue weighted by Crippen LogP contribution is 2.21. The fourth-order valence-electron chi connectivity index (χ4n) is 7.28. The number of hydrogen-bond donors (Lipinski definition) is 0. The number of benzene rings is 1. The van der Waals surface area contributed by atoms with Gasteiger partial charge in [-0.25, -0.2) is 0 Å². The van der Waals surface area contributed by atoms with Crippen molar-refractivity contribution in [3.8, 4) is 0 Å². The molecule has 0 saturated carbocycles. The number of hydrogen-bond acceptors (Lipinski definition) is 3. The van der Waals surface area contributed by atoms with Crippen molar-refractivity contribution in [3.63, 3.8) is 0 Å². The van der Waals surface area contributed by atoms with Crippen LogP contribution in [0.3, 0.4) is 0 Å². The summed E-state index contributed by atoms with van der Waals surface area (Å²) in [6.45, 7) is 9.25. The van der Waals surface area contributed by atoms with Gasteiger partial charge in [-0.05, 0) is 69.8 Å². The van der Waals surface area contributed by atoms with Crippen molar-refractivity contribution >= 4 is 0 Å². The van der Waals surface area contributed by atoms with E-state index in [0.29, 0.717) is 0 Å². The van der Waals surface area contributed by atoms with E-state index < -0.39 is 0 Å². The van der Waals surface area contributed by atoms with E-state index in [1.165, 1.54) is 173 Å². The van der Waals surface area contributed by atoms with Crippen molar-refractivity contribution in [1.82, 2.24) is 4.90 Å². The van der Waals surface area contributed by atoms with Crippen molar-refractivity contribution in [2.45, 2.75) is 212 Å². The molecule has 50 heavy (non-hydrogen) atoms. The number of rotatable bonds is 36. The van der Waals surface area contributed by atoms with Crippen LogP contribution in [-0.4, -0.2) is 43.4 Å². The van der Waals surface area contributed by atoms with Crippen LogP contribution in [0.4, 0.5) is 0 Å². The fraction of sp³-hybridized carbons (Fsp3) is 0.787. The highest BCUT2D eigenvalue weighted by molar-refractivity contribution is 5.14. The Bertz CT molecular complexity index is 830. The standard InChI is InChI=1S/C47H83NO2/c1-3-5-7-9-11-13-15-17-19-21-23-25-27-29-31-36-40-49-46-43-48(42-45-38-34-33-35-39-45)44-47(46)50-41-37-32-30-28-26-24-22-20-18-16-14-12-10-8-6-4-2/h23-26,33-35,38-39,46-47H,3-22,27-32,36-37,40-44H2,1-2H3/b25-23-,26-24-/t46-,47-/m1/s1. The van der Waals surface area contributed by atoms with E-state index >= 15 is 0 Å². The molecule has 0 amide bonds. The zero-order chi connectivity index (χ0) is 35.4. The average molecular weight is 694 g/mol. The molecule has 1 aliphatic heterocycles. The molecule has 0 aliphatic carbocycles. The highest BCUT2D eigenvalue weighted by Gasteiger charge is 2.34. The molecule has 1 saturated heterocycles. The first-order chi connectivity index (χ1) is 24.8. The molecular weight excluding hydrogens is 611 g/mol. The molecule has 1 aliphatic rings. The van der Waals surface area contributed by atoms with E-state index in [1.807, 2.05) is 0 Å². The molecule has 0 bridgehead atoms. The van der Waals surface area contributed by atoms with Crippen LogP contribution < -0.4 is 0 Å². The van der Waals surface area contributed by atoms with Crippen LogP contribution in [0.25, 0.3) is 0 Å². The van der Waals surface area contributed by atoms with Crippen LogP contribution >= 0.6 is 0 Å². The number of ether oxygens (including phenoxy) is 2. The maximum absolute atomic E-state index is 6.49. The Kier molecular flexibility index (Phi) is 31.0. The van der Waals surface area contributed by atoms with Crippen LogP contribution in [0.1, 0.15) is 199 Å². The van der Waals surface area contributed by atoms with Gasteiger partial charge in [-0.15, -0.1) is 0 Å². The van der Waals surface area contributed by atoms with Gasteiger partial charge in [0.15, 0.2) is 0 Å². The monoisotopic (exact) mass is 694 g/mol. The van der Waals surface area contributed by atoms with Crippen molar-refractivity contribution in [3.05, 3.63) is 60.2 Å².